The minimum absolute atomic E-state index is 0.221. The van der Waals surface area contributed by atoms with Crippen LogP contribution in [0.15, 0.2) is 24.3 Å². The van der Waals surface area contributed by atoms with Gasteiger partial charge >= 0.3 is 0 Å². The van der Waals surface area contributed by atoms with Crippen LogP contribution in [0.4, 0.5) is 8.78 Å². The van der Waals surface area contributed by atoms with Crippen LogP contribution in [0.25, 0.3) is 0 Å². The van der Waals surface area contributed by atoms with E-state index in [1.54, 1.807) is 11.3 Å². The highest BCUT2D eigenvalue weighted by Crippen LogP contribution is 2.38. The topological polar surface area (TPSA) is 0 Å². The Kier molecular flexibility index (Phi) is 3.64. The summed E-state index contributed by atoms with van der Waals surface area (Å²) in [5.74, 6) is -1.07. The maximum Gasteiger partial charge on any atom is 0.130 e. The minimum Gasteiger partial charge on any atom is -0.207 e. The van der Waals surface area contributed by atoms with Crippen LogP contribution in [-0.4, -0.2) is 0 Å². The SMILES string of the molecule is Cc1cc(C)c(C(Br)c2ccc(F)cc2F)s1. The largest absolute Gasteiger partial charge is 0.207 e. The van der Waals surface area contributed by atoms with Gasteiger partial charge in [0, 0.05) is 21.4 Å². The molecule has 90 valence electrons. The van der Waals surface area contributed by atoms with E-state index in [1.807, 2.05) is 13.8 Å². The molecule has 1 aromatic carbocycles. The van der Waals surface area contributed by atoms with E-state index in [4.69, 9.17) is 0 Å². The molecule has 0 aliphatic heterocycles. The van der Waals surface area contributed by atoms with Gasteiger partial charge in [0.25, 0.3) is 0 Å². The van der Waals surface area contributed by atoms with Crippen molar-refractivity contribution in [2.24, 2.45) is 0 Å². The lowest BCUT2D eigenvalue weighted by Crippen LogP contribution is -1.96. The molecule has 0 N–H and O–H groups in total. The summed E-state index contributed by atoms with van der Waals surface area (Å²) in [7, 11) is 0. The first kappa shape index (κ1) is 12.7. The highest BCUT2D eigenvalue weighted by molar-refractivity contribution is 9.09. The summed E-state index contributed by atoms with van der Waals surface area (Å²) in [5.41, 5.74) is 1.59. The van der Waals surface area contributed by atoms with Crippen molar-refractivity contribution < 1.29 is 8.78 Å². The molecule has 0 saturated heterocycles. The monoisotopic (exact) mass is 316 g/mol. The summed E-state index contributed by atoms with van der Waals surface area (Å²) in [6.07, 6.45) is 0. The molecule has 0 aliphatic carbocycles. The Labute approximate surface area is 111 Å². The van der Waals surface area contributed by atoms with Crippen molar-refractivity contribution in [3.63, 3.8) is 0 Å². The number of aryl methyl sites for hydroxylation is 2. The van der Waals surface area contributed by atoms with Crippen LogP contribution in [0.3, 0.4) is 0 Å². The highest BCUT2D eigenvalue weighted by Gasteiger charge is 2.19. The van der Waals surface area contributed by atoms with Crippen LogP contribution >= 0.6 is 27.3 Å². The maximum atomic E-state index is 13.7. The number of hydrogen-bond acceptors (Lipinski definition) is 1. The summed E-state index contributed by atoms with van der Waals surface area (Å²) < 4.78 is 26.5. The van der Waals surface area contributed by atoms with Crippen LogP contribution in [0.5, 0.6) is 0 Å². The Morgan fingerprint density at radius 1 is 1.18 bits per heavy atom. The van der Waals surface area contributed by atoms with E-state index in [9.17, 15) is 8.78 Å². The molecule has 0 nitrogen and oxygen atoms in total. The van der Waals surface area contributed by atoms with Crippen molar-refractivity contribution >= 4 is 27.3 Å². The standard InChI is InChI=1S/C13H11BrF2S/c1-7-5-8(2)17-13(7)12(14)10-4-3-9(15)6-11(10)16/h3-6,12H,1-2H3. The van der Waals surface area contributed by atoms with E-state index < -0.39 is 11.6 Å². The van der Waals surface area contributed by atoms with Crippen LogP contribution < -0.4 is 0 Å². The summed E-state index contributed by atoms with van der Waals surface area (Å²) >= 11 is 5.10. The molecule has 0 spiro atoms. The first-order valence-corrected chi connectivity index (χ1v) is 6.88. The van der Waals surface area contributed by atoms with Crippen LogP contribution in [0, 0.1) is 25.5 Å². The van der Waals surface area contributed by atoms with Crippen LogP contribution in [0.1, 0.15) is 25.7 Å². The molecule has 1 atom stereocenters. The average molecular weight is 317 g/mol. The van der Waals surface area contributed by atoms with Gasteiger partial charge in [0.15, 0.2) is 0 Å². The number of benzene rings is 1. The van der Waals surface area contributed by atoms with Gasteiger partial charge in [-0.3, -0.25) is 0 Å². The molecule has 0 fully saturated rings. The van der Waals surface area contributed by atoms with Crippen molar-refractivity contribution in [2.75, 3.05) is 0 Å². The van der Waals surface area contributed by atoms with Gasteiger partial charge in [-0.2, -0.15) is 0 Å². The van der Waals surface area contributed by atoms with E-state index in [-0.39, 0.29) is 4.83 Å². The zero-order valence-electron chi connectivity index (χ0n) is 9.43. The second-order valence-electron chi connectivity index (χ2n) is 3.93. The van der Waals surface area contributed by atoms with Gasteiger partial charge in [0.05, 0.1) is 4.83 Å². The lowest BCUT2D eigenvalue weighted by atomic mass is 10.1. The molecule has 4 heteroatoms. The van der Waals surface area contributed by atoms with E-state index in [0.717, 1.165) is 16.5 Å². The van der Waals surface area contributed by atoms with E-state index in [0.29, 0.717) is 5.56 Å². The van der Waals surface area contributed by atoms with Gasteiger partial charge in [-0.15, -0.1) is 11.3 Å². The smallest absolute Gasteiger partial charge is 0.130 e. The summed E-state index contributed by atoms with van der Waals surface area (Å²) in [6, 6.07) is 5.75. The summed E-state index contributed by atoms with van der Waals surface area (Å²) in [5, 5.41) is 0. The second-order valence-corrected chi connectivity index (χ2v) is 6.14. The lowest BCUT2D eigenvalue weighted by molar-refractivity contribution is 0.574. The molecule has 0 amide bonds. The molecule has 2 rings (SSSR count). The van der Waals surface area contributed by atoms with E-state index in [2.05, 4.69) is 22.0 Å². The van der Waals surface area contributed by atoms with Gasteiger partial charge < -0.3 is 0 Å². The normalized spacial score (nSPS) is 12.8. The predicted octanol–water partition coefficient (Wildman–Crippen LogP) is 5.13. The first-order valence-electron chi connectivity index (χ1n) is 5.15. The van der Waals surface area contributed by atoms with E-state index in [1.165, 1.54) is 17.0 Å². The first-order chi connectivity index (χ1) is 7.99. The Morgan fingerprint density at radius 2 is 1.88 bits per heavy atom. The second kappa shape index (κ2) is 4.86. The van der Waals surface area contributed by atoms with Gasteiger partial charge in [-0.25, -0.2) is 8.78 Å². The molecule has 1 heterocycles. The molecule has 2 aromatic rings. The van der Waals surface area contributed by atoms with Gasteiger partial charge in [-0.05, 0) is 31.5 Å². The zero-order valence-corrected chi connectivity index (χ0v) is 11.8. The molecule has 0 saturated carbocycles. The van der Waals surface area contributed by atoms with Crippen LogP contribution in [0.2, 0.25) is 0 Å². The summed E-state index contributed by atoms with van der Waals surface area (Å²) in [6.45, 7) is 4.01. The fourth-order valence-electron chi connectivity index (χ4n) is 1.76. The lowest BCUT2D eigenvalue weighted by Gasteiger charge is -2.10. The molecule has 0 aliphatic rings. The van der Waals surface area contributed by atoms with E-state index >= 15 is 0 Å². The van der Waals surface area contributed by atoms with Crippen molar-refractivity contribution in [1.82, 2.24) is 0 Å². The number of hydrogen-bond donors (Lipinski definition) is 0. The van der Waals surface area contributed by atoms with Crippen molar-refractivity contribution in [2.45, 2.75) is 18.7 Å². The van der Waals surface area contributed by atoms with Crippen molar-refractivity contribution in [1.29, 1.82) is 0 Å². The Balaban J connectivity index is 2.43. The van der Waals surface area contributed by atoms with Crippen molar-refractivity contribution in [3.05, 3.63) is 56.8 Å². The molecule has 17 heavy (non-hydrogen) atoms. The third kappa shape index (κ3) is 2.58. The van der Waals surface area contributed by atoms with Crippen molar-refractivity contribution in [3.8, 4) is 0 Å². The Morgan fingerprint density at radius 3 is 2.41 bits per heavy atom. The third-order valence-electron chi connectivity index (χ3n) is 2.55. The van der Waals surface area contributed by atoms with Gasteiger partial charge in [0.1, 0.15) is 11.6 Å². The summed E-state index contributed by atoms with van der Waals surface area (Å²) in [4.78, 5) is 2.03. The van der Waals surface area contributed by atoms with Crippen LogP contribution in [-0.2, 0) is 0 Å². The fourth-order valence-corrected chi connectivity index (χ4v) is 3.81. The molecule has 0 bridgehead atoms. The molecule has 1 aromatic heterocycles. The number of alkyl halides is 1. The molecule has 0 radical (unpaired) electrons. The predicted molar refractivity (Wildman–Crippen MR) is 70.9 cm³/mol. The Bertz CT molecular complexity index is 548. The van der Waals surface area contributed by atoms with Gasteiger partial charge in [0.2, 0.25) is 0 Å². The fraction of sp³-hybridized carbons (Fsp3) is 0.231. The molecular formula is C13H11BrF2S. The number of rotatable bonds is 2. The number of thiophene rings is 1. The minimum atomic E-state index is -0.551. The maximum absolute atomic E-state index is 13.7. The average Bonchev–Trinajstić information content (AvgIpc) is 2.57. The molecular weight excluding hydrogens is 306 g/mol. The quantitative estimate of drug-likeness (QED) is 0.674. The number of halogens is 3. The Hall–Kier alpha value is -0.740. The highest BCUT2D eigenvalue weighted by atomic mass is 79.9. The zero-order chi connectivity index (χ0) is 12.6. The third-order valence-corrected chi connectivity index (χ3v) is 5.02. The molecule has 1 unspecified atom stereocenters. The van der Waals surface area contributed by atoms with Gasteiger partial charge in [-0.1, -0.05) is 22.0 Å².